The van der Waals surface area contributed by atoms with E-state index in [1.54, 1.807) is 11.8 Å². The predicted molar refractivity (Wildman–Crippen MR) is 59.2 cm³/mol. The van der Waals surface area contributed by atoms with Crippen molar-refractivity contribution >= 4 is 33.5 Å². The summed E-state index contributed by atoms with van der Waals surface area (Å²) in [7, 11) is 0. The van der Waals surface area contributed by atoms with Crippen LogP contribution in [0.1, 0.15) is 10.4 Å². The fourth-order valence-corrected chi connectivity index (χ4v) is 2.64. The molecule has 1 nitrogen and oxygen atoms in total. The quantitative estimate of drug-likeness (QED) is 0.615. The minimum absolute atomic E-state index is 0.0654. The van der Waals surface area contributed by atoms with E-state index in [1.165, 1.54) is 0 Å². The molecule has 15 heavy (non-hydrogen) atoms. The smallest absolute Gasteiger partial charge is 0.171 e. The van der Waals surface area contributed by atoms with Crippen LogP contribution in [0.4, 0.5) is 8.78 Å². The molecule has 0 radical (unpaired) electrons. The first-order valence-electron chi connectivity index (χ1n) is 4.36. The Kier molecular flexibility index (Phi) is 3.11. The van der Waals surface area contributed by atoms with Crippen molar-refractivity contribution in [2.75, 3.05) is 11.5 Å². The van der Waals surface area contributed by atoms with Crippen LogP contribution in [-0.2, 0) is 0 Å². The lowest BCUT2D eigenvalue weighted by molar-refractivity contribution is 0.0933. The van der Waals surface area contributed by atoms with Crippen LogP contribution in [0.3, 0.4) is 0 Å². The van der Waals surface area contributed by atoms with Gasteiger partial charge >= 0.3 is 0 Å². The van der Waals surface area contributed by atoms with Crippen LogP contribution >= 0.6 is 27.7 Å². The maximum atomic E-state index is 13.4. The highest BCUT2D eigenvalue weighted by molar-refractivity contribution is 9.10. The molecule has 0 unspecified atom stereocenters. The normalized spacial score (nSPS) is 16.2. The summed E-state index contributed by atoms with van der Waals surface area (Å²) in [5, 5.41) is 0. The van der Waals surface area contributed by atoms with Gasteiger partial charge in [-0.2, -0.15) is 11.8 Å². The van der Waals surface area contributed by atoms with E-state index < -0.39 is 11.6 Å². The maximum Gasteiger partial charge on any atom is 0.171 e. The van der Waals surface area contributed by atoms with E-state index in [4.69, 9.17) is 0 Å². The molecular formula is C10H7BrF2OS. The van der Waals surface area contributed by atoms with Gasteiger partial charge in [-0.1, -0.05) is 0 Å². The largest absolute Gasteiger partial charge is 0.294 e. The number of benzene rings is 1. The first-order chi connectivity index (χ1) is 7.11. The Labute approximate surface area is 98.4 Å². The van der Waals surface area contributed by atoms with Crippen molar-refractivity contribution in [1.82, 2.24) is 0 Å². The molecule has 1 heterocycles. The molecule has 0 bridgehead atoms. The maximum absolute atomic E-state index is 13.4. The summed E-state index contributed by atoms with van der Waals surface area (Å²) in [6, 6.07) is 1.99. The Morgan fingerprint density at radius 2 is 1.93 bits per heavy atom. The number of hydrogen-bond acceptors (Lipinski definition) is 2. The predicted octanol–water partition coefficient (Wildman–Crippen LogP) is 3.27. The second kappa shape index (κ2) is 4.22. The minimum atomic E-state index is -0.662. The van der Waals surface area contributed by atoms with Gasteiger partial charge in [0.25, 0.3) is 0 Å². The van der Waals surface area contributed by atoms with Crippen LogP contribution in [0.25, 0.3) is 0 Å². The number of ketones is 1. The molecule has 2 rings (SSSR count). The monoisotopic (exact) mass is 292 g/mol. The summed E-state index contributed by atoms with van der Waals surface area (Å²) in [6.45, 7) is 0. The summed E-state index contributed by atoms with van der Waals surface area (Å²) in [4.78, 5) is 11.8. The molecule has 1 aliphatic heterocycles. The van der Waals surface area contributed by atoms with Crippen LogP contribution in [0, 0.1) is 17.6 Å². The zero-order valence-electron chi connectivity index (χ0n) is 7.60. The zero-order valence-corrected chi connectivity index (χ0v) is 10.00. The molecule has 0 aromatic heterocycles. The molecule has 80 valence electrons. The van der Waals surface area contributed by atoms with E-state index in [1.807, 2.05) is 0 Å². The molecule has 0 aliphatic carbocycles. The third kappa shape index (κ3) is 1.95. The second-order valence-corrected chi connectivity index (χ2v) is 5.18. The van der Waals surface area contributed by atoms with Crippen LogP contribution < -0.4 is 0 Å². The van der Waals surface area contributed by atoms with Crippen molar-refractivity contribution in [2.24, 2.45) is 5.92 Å². The highest BCUT2D eigenvalue weighted by Crippen LogP contribution is 2.32. The van der Waals surface area contributed by atoms with Crippen molar-refractivity contribution < 1.29 is 13.6 Å². The molecule has 1 fully saturated rings. The van der Waals surface area contributed by atoms with E-state index in [-0.39, 0.29) is 21.7 Å². The third-order valence-corrected chi connectivity index (χ3v) is 4.35. The molecular weight excluding hydrogens is 286 g/mol. The van der Waals surface area contributed by atoms with Gasteiger partial charge in [0.2, 0.25) is 0 Å². The Bertz CT molecular complexity index is 418. The third-order valence-electron chi connectivity index (χ3n) is 2.30. The highest BCUT2D eigenvalue weighted by atomic mass is 79.9. The fourth-order valence-electron chi connectivity index (χ4n) is 1.34. The average Bonchev–Trinajstić information content (AvgIpc) is 2.09. The van der Waals surface area contributed by atoms with E-state index in [2.05, 4.69) is 15.9 Å². The number of hydrogen-bond donors (Lipinski definition) is 0. The van der Waals surface area contributed by atoms with Gasteiger partial charge in [-0.15, -0.1) is 0 Å². The van der Waals surface area contributed by atoms with Crippen molar-refractivity contribution in [3.05, 3.63) is 33.8 Å². The van der Waals surface area contributed by atoms with Gasteiger partial charge in [-0.3, -0.25) is 4.79 Å². The van der Waals surface area contributed by atoms with E-state index in [0.717, 1.165) is 12.1 Å². The number of carbonyl (C=O) groups is 1. The van der Waals surface area contributed by atoms with Crippen molar-refractivity contribution in [1.29, 1.82) is 0 Å². The van der Waals surface area contributed by atoms with Crippen LogP contribution in [0.15, 0.2) is 16.6 Å². The lowest BCUT2D eigenvalue weighted by atomic mass is 9.99. The van der Waals surface area contributed by atoms with E-state index in [9.17, 15) is 13.6 Å². The summed E-state index contributed by atoms with van der Waals surface area (Å²) in [6.07, 6.45) is 0. The second-order valence-electron chi connectivity index (χ2n) is 3.32. The molecule has 1 aromatic rings. The number of halogens is 3. The average molecular weight is 293 g/mol. The lowest BCUT2D eigenvalue weighted by Gasteiger charge is -2.23. The van der Waals surface area contributed by atoms with E-state index >= 15 is 0 Å². The molecule has 1 aromatic carbocycles. The number of carbonyl (C=O) groups excluding carboxylic acids is 1. The molecule has 0 spiro atoms. The van der Waals surface area contributed by atoms with Gasteiger partial charge in [0, 0.05) is 17.4 Å². The standard InChI is InChI=1S/C10H7BrF2OS/c11-9-7(13)2-1-6(12)8(9)10(14)5-3-15-4-5/h1-2,5H,3-4H2. The highest BCUT2D eigenvalue weighted by Gasteiger charge is 2.30. The van der Waals surface area contributed by atoms with Gasteiger partial charge in [0.15, 0.2) is 5.78 Å². The lowest BCUT2D eigenvalue weighted by Crippen LogP contribution is -2.28. The zero-order chi connectivity index (χ0) is 11.0. The Morgan fingerprint density at radius 3 is 2.47 bits per heavy atom. The molecule has 0 atom stereocenters. The fraction of sp³-hybridized carbons (Fsp3) is 0.300. The van der Waals surface area contributed by atoms with Gasteiger partial charge < -0.3 is 0 Å². The Morgan fingerprint density at radius 1 is 1.33 bits per heavy atom. The molecule has 0 N–H and O–H groups in total. The SMILES string of the molecule is O=C(c1c(F)ccc(F)c1Br)C1CSC1. The van der Waals surface area contributed by atoms with Crippen LogP contribution in [0.2, 0.25) is 0 Å². The van der Waals surface area contributed by atoms with Crippen molar-refractivity contribution in [2.45, 2.75) is 0 Å². The van der Waals surface area contributed by atoms with E-state index in [0.29, 0.717) is 11.5 Å². The summed E-state index contributed by atoms with van der Waals surface area (Å²) in [5.74, 6) is -0.347. The van der Waals surface area contributed by atoms with Crippen LogP contribution in [-0.4, -0.2) is 17.3 Å². The molecule has 1 saturated heterocycles. The molecule has 0 amide bonds. The molecule has 0 saturated carbocycles. The first kappa shape index (κ1) is 11.1. The molecule has 5 heteroatoms. The topological polar surface area (TPSA) is 17.1 Å². The Balaban J connectivity index is 2.41. The summed E-state index contributed by atoms with van der Waals surface area (Å²) in [5.41, 5.74) is -0.152. The number of Topliss-reactive ketones (excluding diaryl/α,β-unsaturated/α-hetero) is 1. The van der Waals surface area contributed by atoms with Gasteiger partial charge in [-0.25, -0.2) is 8.78 Å². The van der Waals surface area contributed by atoms with Gasteiger partial charge in [0.1, 0.15) is 11.6 Å². The first-order valence-corrected chi connectivity index (χ1v) is 6.31. The van der Waals surface area contributed by atoms with Crippen molar-refractivity contribution in [3.8, 4) is 0 Å². The molecule has 1 aliphatic rings. The minimum Gasteiger partial charge on any atom is -0.294 e. The van der Waals surface area contributed by atoms with Crippen LogP contribution in [0.5, 0.6) is 0 Å². The summed E-state index contributed by atoms with van der Waals surface area (Å²) >= 11 is 4.54. The van der Waals surface area contributed by atoms with Gasteiger partial charge in [0.05, 0.1) is 10.0 Å². The van der Waals surface area contributed by atoms with Crippen molar-refractivity contribution in [3.63, 3.8) is 0 Å². The number of thioether (sulfide) groups is 1. The number of rotatable bonds is 2. The Hall–Kier alpha value is -0.420. The summed E-state index contributed by atoms with van der Waals surface area (Å²) < 4.78 is 26.4. The van der Waals surface area contributed by atoms with Gasteiger partial charge in [-0.05, 0) is 28.1 Å².